The first-order valence-electron chi connectivity index (χ1n) is 11.5. The first-order chi connectivity index (χ1) is 17.0. The Bertz CT molecular complexity index is 1140. The van der Waals surface area contributed by atoms with Gasteiger partial charge >= 0.3 is 0 Å². The monoisotopic (exact) mass is 475 g/mol. The number of hydrogen-bond donors (Lipinski definition) is 4. The number of benzene rings is 3. The number of morpholine rings is 1. The van der Waals surface area contributed by atoms with Crippen LogP contribution in [0.4, 0.5) is 10.1 Å². The molecule has 1 heterocycles. The zero-order valence-corrected chi connectivity index (χ0v) is 20.0. The normalized spacial score (nSPS) is 21.3. The summed E-state index contributed by atoms with van der Waals surface area (Å²) in [5.74, 6) is -1.73. The molecule has 4 rings (SSSR count). The largest absolute Gasteiger partial charge is 0.342 e. The average molecular weight is 476 g/mol. The molecule has 0 spiro atoms. The van der Waals surface area contributed by atoms with E-state index in [1.165, 1.54) is 6.07 Å². The zero-order chi connectivity index (χ0) is 24.9. The fourth-order valence-electron chi connectivity index (χ4n) is 4.60. The molecule has 1 aliphatic rings. The number of carbonyl (C=O) groups is 1. The van der Waals surface area contributed by atoms with Gasteiger partial charge < -0.3 is 9.53 Å². The first kappa shape index (κ1) is 24.8. The second kappa shape index (κ2) is 10.6. The molecule has 1 fully saturated rings. The molecule has 182 valence electrons. The van der Waals surface area contributed by atoms with Crippen LogP contribution in [-0.4, -0.2) is 51.6 Å². The van der Waals surface area contributed by atoms with Gasteiger partial charge in [0, 0.05) is 16.7 Å². The van der Waals surface area contributed by atoms with Crippen LogP contribution >= 0.6 is 0 Å². The van der Waals surface area contributed by atoms with E-state index in [4.69, 9.17) is 9.73 Å². The van der Waals surface area contributed by atoms with Gasteiger partial charge in [0.05, 0.1) is 24.0 Å². The Hall–Kier alpha value is -3.27. The second-order valence-corrected chi connectivity index (χ2v) is 8.24. The number of nitrogens with one attached hydrogen (secondary N) is 4. The molecule has 1 saturated heterocycles. The summed E-state index contributed by atoms with van der Waals surface area (Å²) in [5.41, 5.74) is 2.09. The molecule has 4 N–H and O–H groups in total. The maximum absolute atomic E-state index is 15.5. The van der Waals surface area contributed by atoms with Gasteiger partial charge in [-0.2, -0.15) is 0 Å². The number of aliphatic imine (C=N–C) groups is 1. The molecule has 0 aliphatic carbocycles. The minimum Gasteiger partial charge on any atom is -0.342 e. The van der Waals surface area contributed by atoms with Crippen molar-refractivity contribution in [3.05, 3.63) is 101 Å². The Morgan fingerprint density at radius 1 is 0.971 bits per heavy atom. The standard InChI is InChI=1S/C27H30FN5O2/c1-29-26(27(30-2,31-3)35-18-22(17-34)33-26)23-16-21(14-15-24(23)28)32-25(19-10-6-4-7-11-19)20-12-8-5-9-13-20/h4-17,22,29-31,33H,18H2,1-3H3/t22?,26-/m0/s1. The van der Waals surface area contributed by atoms with Crippen molar-refractivity contribution in [1.29, 1.82) is 0 Å². The number of carbonyl (C=O) groups excluding carboxylic acids is 1. The number of rotatable bonds is 8. The summed E-state index contributed by atoms with van der Waals surface area (Å²) in [6, 6.07) is 23.7. The molecule has 3 aromatic carbocycles. The van der Waals surface area contributed by atoms with Gasteiger partial charge in [-0.15, -0.1) is 0 Å². The zero-order valence-electron chi connectivity index (χ0n) is 20.0. The number of hydrogen-bond acceptors (Lipinski definition) is 7. The minimum absolute atomic E-state index is 0.111. The number of ether oxygens (including phenoxy) is 1. The van der Waals surface area contributed by atoms with E-state index in [0.717, 1.165) is 23.1 Å². The Labute approximate surface area is 204 Å². The summed E-state index contributed by atoms with van der Waals surface area (Å²) in [6.07, 6.45) is 0.754. The van der Waals surface area contributed by atoms with Crippen molar-refractivity contribution in [2.24, 2.45) is 4.99 Å². The van der Waals surface area contributed by atoms with Crippen LogP contribution in [0.25, 0.3) is 0 Å². The van der Waals surface area contributed by atoms with Crippen LogP contribution in [-0.2, 0) is 15.2 Å². The van der Waals surface area contributed by atoms with Crippen LogP contribution in [0.15, 0.2) is 83.9 Å². The lowest BCUT2D eigenvalue weighted by Crippen LogP contribution is -2.82. The third kappa shape index (κ3) is 4.54. The van der Waals surface area contributed by atoms with Gasteiger partial charge in [-0.25, -0.2) is 9.38 Å². The van der Waals surface area contributed by atoms with E-state index < -0.39 is 23.4 Å². The van der Waals surface area contributed by atoms with Gasteiger partial charge in [-0.3, -0.25) is 21.3 Å². The predicted molar refractivity (Wildman–Crippen MR) is 135 cm³/mol. The lowest BCUT2D eigenvalue weighted by Gasteiger charge is -2.54. The molecular weight excluding hydrogens is 445 g/mol. The molecule has 0 saturated carbocycles. The van der Waals surface area contributed by atoms with Gasteiger partial charge in [0.15, 0.2) is 5.66 Å². The fraction of sp³-hybridized carbons (Fsp3) is 0.259. The molecule has 0 aromatic heterocycles. The summed E-state index contributed by atoms with van der Waals surface area (Å²) in [7, 11) is 5.09. The van der Waals surface area contributed by atoms with Crippen LogP contribution in [0, 0.1) is 5.82 Å². The molecule has 1 unspecified atom stereocenters. The quantitative estimate of drug-likeness (QED) is 0.228. The SMILES string of the molecule is CNC1(NC)OCC(C=O)N[C@@]1(NC)c1cc(N=C(c2ccccc2)c2ccccc2)ccc1F. The molecule has 2 atom stereocenters. The van der Waals surface area contributed by atoms with Crippen molar-refractivity contribution in [1.82, 2.24) is 21.3 Å². The third-order valence-electron chi connectivity index (χ3n) is 6.34. The fourth-order valence-corrected chi connectivity index (χ4v) is 4.60. The van der Waals surface area contributed by atoms with Crippen LogP contribution in [0.1, 0.15) is 16.7 Å². The highest BCUT2D eigenvalue weighted by atomic mass is 19.1. The van der Waals surface area contributed by atoms with Gasteiger partial charge in [-0.05, 0) is 39.3 Å². The molecule has 8 heteroatoms. The van der Waals surface area contributed by atoms with Crippen molar-refractivity contribution in [2.75, 3.05) is 27.7 Å². The number of likely N-dealkylation sites (N-methyl/N-ethyl adjacent to an activating group) is 3. The van der Waals surface area contributed by atoms with Crippen molar-refractivity contribution < 1.29 is 13.9 Å². The van der Waals surface area contributed by atoms with E-state index in [0.29, 0.717) is 5.69 Å². The van der Waals surface area contributed by atoms with Crippen LogP contribution in [0.2, 0.25) is 0 Å². The lowest BCUT2D eigenvalue weighted by atomic mass is 9.89. The van der Waals surface area contributed by atoms with E-state index in [1.54, 1.807) is 33.3 Å². The molecular formula is C27H30FN5O2. The number of aldehydes is 1. The van der Waals surface area contributed by atoms with E-state index in [1.807, 2.05) is 60.7 Å². The van der Waals surface area contributed by atoms with Crippen molar-refractivity contribution in [3.8, 4) is 0 Å². The van der Waals surface area contributed by atoms with Crippen LogP contribution < -0.4 is 21.3 Å². The first-order valence-corrected chi connectivity index (χ1v) is 11.5. The Balaban J connectivity index is 1.90. The maximum atomic E-state index is 15.5. The van der Waals surface area contributed by atoms with Crippen molar-refractivity contribution >= 4 is 17.7 Å². The van der Waals surface area contributed by atoms with E-state index in [-0.39, 0.29) is 12.2 Å². The summed E-state index contributed by atoms with van der Waals surface area (Å²) in [4.78, 5) is 16.6. The lowest BCUT2D eigenvalue weighted by molar-refractivity contribution is -0.200. The number of nitrogens with zero attached hydrogens (tertiary/aromatic N) is 1. The highest BCUT2D eigenvalue weighted by molar-refractivity contribution is 6.13. The second-order valence-electron chi connectivity index (χ2n) is 8.24. The molecule has 0 radical (unpaired) electrons. The average Bonchev–Trinajstić information content (AvgIpc) is 2.93. The van der Waals surface area contributed by atoms with Crippen LogP contribution in [0.3, 0.4) is 0 Å². The Morgan fingerprint density at radius 3 is 2.09 bits per heavy atom. The number of halogens is 1. The van der Waals surface area contributed by atoms with Gasteiger partial charge in [0.1, 0.15) is 12.1 Å². The topological polar surface area (TPSA) is 86.8 Å². The van der Waals surface area contributed by atoms with Gasteiger partial charge in [-0.1, -0.05) is 60.7 Å². The van der Waals surface area contributed by atoms with Gasteiger partial charge in [0.2, 0.25) is 5.85 Å². The van der Waals surface area contributed by atoms with E-state index in [9.17, 15) is 4.79 Å². The summed E-state index contributed by atoms with van der Waals surface area (Å²) in [6.45, 7) is 0.111. The summed E-state index contributed by atoms with van der Waals surface area (Å²) >= 11 is 0. The molecule has 7 nitrogen and oxygen atoms in total. The van der Waals surface area contributed by atoms with Gasteiger partial charge in [0.25, 0.3) is 0 Å². The molecule has 35 heavy (non-hydrogen) atoms. The third-order valence-corrected chi connectivity index (χ3v) is 6.34. The van der Waals surface area contributed by atoms with E-state index >= 15 is 4.39 Å². The molecule has 0 amide bonds. The summed E-state index contributed by atoms with van der Waals surface area (Å²) in [5, 5.41) is 12.6. The smallest absolute Gasteiger partial charge is 0.211 e. The van der Waals surface area contributed by atoms with Crippen molar-refractivity contribution in [2.45, 2.75) is 17.6 Å². The predicted octanol–water partition coefficient (Wildman–Crippen LogP) is 2.65. The Morgan fingerprint density at radius 2 is 1.57 bits per heavy atom. The van der Waals surface area contributed by atoms with Crippen LogP contribution in [0.5, 0.6) is 0 Å². The highest BCUT2D eigenvalue weighted by Gasteiger charge is 2.57. The molecule has 0 bridgehead atoms. The maximum Gasteiger partial charge on any atom is 0.211 e. The molecule has 3 aromatic rings. The molecule has 1 aliphatic heterocycles. The highest BCUT2D eigenvalue weighted by Crippen LogP contribution is 2.36. The van der Waals surface area contributed by atoms with E-state index in [2.05, 4.69) is 21.3 Å². The Kier molecular flexibility index (Phi) is 7.49. The van der Waals surface area contributed by atoms with Crippen molar-refractivity contribution in [3.63, 3.8) is 0 Å². The minimum atomic E-state index is -1.34. The summed E-state index contributed by atoms with van der Waals surface area (Å²) < 4.78 is 21.6.